The summed E-state index contributed by atoms with van der Waals surface area (Å²) in [5.74, 6) is -0.0757. The molecule has 17 heavy (non-hydrogen) atoms. The zero-order valence-electron chi connectivity index (χ0n) is 9.77. The fourth-order valence-electron chi connectivity index (χ4n) is 2.07. The van der Waals surface area contributed by atoms with Gasteiger partial charge in [0.25, 0.3) is 0 Å². The number of amides is 1. The van der Waals surface area contributed by atoms with Crippen LogP contribution >= 0.6 is 0 Å². The molecule has 0 saturated carbocycles. The molecule has 4 nitrogen and oxygen atoms in total. The Hall–Kier alpha value is -1.49. The SMILES string of the molecule is CC1=CC(=S=O)C(C2=NNC(=O)CC2C)C=C1. The zero-order chi connectivity index (χ0) is 12.4. The summed E-state index contributed by atoms with van der Waals surface area (Å²) in [7, 11) is 0. The minimum atomic E-state index is -0.0863. The summed E-state index contributed by atoms with van der Waals surface area (Å²) in [6.07, 6.45) is 6.27. The molecule has 0 aromatic rings. The lowest BCUT2D eigenvalue weighted by molar-refractivity contribution is -0.121. The molecule has 0 fully saturated rings. The van der Waals surface area contributed by atoms with Crippen LogP contribution in [0.2, 0.25) is 0 Å². The van der Waals surface area contributed by atoms with Crippen LogP contribution in [-0.2, 0) is 16.1 Å². The summed E-state index contributed by atoms with van der Waals surface area (Å²) in [6.45, 7) is 3.92. The maximum Gasteiger partial charge on any atom is 0.240 e. The summed E-state index contributed by atoms with van der Waals surface area (Å²) < 4.78 is 11.1. The van der Waals surface area contributed by atoms with Gasteiger partial charge in [-0.15, -0.1) is 0 Å². The Morgan fingerprint density at radius 1 is 1.53 bits per heavy atom. The molecule has 1 aliphatic heterocycles. The van der Waals surface area contributed by atoms with Gasteiger partial charge in [0.2, 0.25) is 5.91 Å². The van der Waals surface area contributed by atoms with E-state index in [1.807, 2.05) is 32.1 Å². The second-order valence-corrected chi connectivity index (χ2v) is 5.03. The lowest BCUT2D eigenvalue weighted by Gasteiger charge is -2.25. The molecule has 1 aliphatic carbocycles. The van der Waals surface area contributed by atoms with E-state index in [0.29, 0.717) is 17.7 Å². The van der Waals surface area contributed by atoms with E-state index >= 15 is 0 Å². The van der Waals surface area contributed by atoms with Crippen LogP contribution in [0.4, 0.5) is 0 Å². The highest BCUT2D eigenvalue weighted by Gasteiger charge is 2.29. The largest absolute Gasteiger partial charge is 0.273 e. The topological polar surface area (TPSA) is 58.5 Å². The predicted molar refractivity (Wildman–Crippen MR) is 68.9 cm³/mol. The Morgan fingerprint density at radius 2 is 2.29 bits per heavy atom. The number of carbonyl (C=O) groups is 1. The molecular formula is C12H14N2O2S. The Bertz CT molecular complexity index is 499. The highest BCUT2D eigenvalue weighted by Crippen LogP contribution is 2.22. The molecule has 0 aromatic heterocycles. The van der Waals surface area contributed by atoms with Crippen LogP contribution in [0.25, 0.3) is 0 Å². The molecule has 1 N–H and O–H groups in total. The van der Waals surface area contributed by atoms with Crippen molar-refractivity contribution in [1.82, 2.24) is 5.43 Å². The normalized spacial score (nSPS) is 28.4. The molecule has 0 radical (unpaired) electrons. The predicted octanol–water partition coefficient (Wildman–Crippen LogP) is 1.02. The van der Waals surface area contributed by atoms with Crippen molar-refractivity contribution in [3.63, 3.8) is 0 Å². The van der Waals surface area contributed by atoms with Crippen LogP contribution in [0.15, 0.2) is 28.9 Å². The van der Waals surface area contributed by atoms with Gasteiger partial charge in [0.1, 0.15) is 0 Å². The smallest absolute Gasteiger partial charge is 0.240 e. The van der Waals surface area contributed by atoms with Gasteiger partial charge in [-0.2, -0.15) is 5.10 Å². The fourth-order valence-corrected chi connectivity index (χ4v) is 2.60. The molecular weight excluding hydrogens is 236 g/mol. The Balaban J connectivity index is 2.33. The highest BCUT2D eigenvalue weighted by atomic mass is 32.1. The molecule has 0 saturated heterocycles. The lowest BCUT2D eigenvalue weighted by atomic mass is 9.84. The number of rotatable bonds is 1. The van der Waals surface area contributed by atoms with Crippen molar-refractivity contribution < 1.29 is 9.00 Å². The molecule has 90 valence electrons. The van der Waals surface area contributed by atoms with Crippen LogP contribution in [0, 0.1) is 11.8 Å². The average molecular weight is 250 g/mol. The van der Waals surface area contributed by atoms with Crippen molar-refractivity contribution in [3.8, 4) is 0 Å². The maximum absolute atomic E-state index is 11.2. The molecule has 2 unspecified atom stereocenters. The van der Waals surface area contributed by atoms with Gasteiger partial charge in [-0.25, -0.2) is 9.63 Å². The van der Waals surface area contributed by atoms with Crippen molar-refractivity contribution in [1.29, 1.82) is 0 Å². The van der Waals surface area contributed by atoms with Crippen LogP contribution in [-0.4, -0.2) is 20.7 Å². The van der Waals surface area contributed by atoms with Gasteiger partial charge in [0.05, 0.1) is 27.7 Å². The van der Waals surface area contributed by atoms with Gasteiger partial charge < -0.3 is 0 Å². The summed E-state index contributed by atoms with van der Waals surface area (Å²) in [5, 5.41) is 4.10. The van der Waals surface area contributed by atoms with Gasteiger partial charge in [-0.1, -0.05) is 24.6 Å². The molecule has 2 atom stereocenters. The number of allylic oxidation sites excluding steroid dienone is 4. The second kappa shape index (κ2) is 4.79. The van der Waals surface area contributed by atoms with Crippen molar-refractivity contribution in [3.05, 3.63) is 23.8 Å². The minimum absolute atomic E-state index is 0.0657. The van der Waals surface area contributed by atoms with E-state index in [1.54, 1.807) is 0 Å². The maximum atomic E-state index is 11.2. The Kier molecular flexibility index (Phi) is 3.38. The first-order chi connectivity index (χ1) is 8.11. The molecule has 1 amide bonds. The standard InChI is InChI=1S/C12H14N2O2S/c1-7-3-4-9(10(5-7)17-16)12-8(2)6-11(15)13-14-12/h3-5,8-9H,6H2,1-2H3,(H,13,15). The molecule has 0 spiro atoms. The van der Waals surface area contributed by atoms with E-state index < -0.39 is 0 Å². The molecule has 1 heterocycles. The fraction of sp³-hybridized carbons (Fsp3) is 0.417. The van der Waals surface area contributed by atoms with E-state index in [0.717, 1.165) is 16.1 Å². The summed E-state index contributed by atoms with van der Waals surface area (Å²) in [5.41, 5.74) is 4.41. The monoisotopic (exact) mass is 250 g/mol. The lowest BCUT2D eigenvalue weighted by Crippen LogP contribution is -2.37. The van der Waals surface area contributed by atoms with Crippen LogP contribution in [0.5, 0.6) is 0 Å². The van der Waals surface area contributed by atoms with Crippen molar-refractivity contribution in [2.24, 2.45) is 16.9 Å². The van der Waals surface area contributed by atoms with Crippen molar-refractivity contribution in [2.45, 2.75) is 20.3 Å². The summed E-state index contributed by atoms with van der Waals surface area (Å²) in [4.78, 5) is 11.9. The minimum Gasteiger partial charge on any atom is -0.273 e. The number of hydrazone groups is 1. The van der Waals surface area contributed by atoms with Crippen molar-refractivity contribution in [2.75, 3.05) is 0 Å². The quantitative estimate of drug-likeness (QED) is 0.706. The van der Waals surface area contributed by atoms with Gasteiger partial charge in [-0.05, 0) is 13.0 Å². The van der Waals surface area contributed by atoms with E-state index in [2.05, 4.69) is 10.5 Å². The van der Waals surface area contributed by atoms with E-state index in [-0.39, 0.29) is 17.7 Å². The summed E-state index contributed by atoms with van der Waals surface area (Å²) >= 11 is 0.500. The summed E-state index contributed by atoms with van der Waals surface area (Å²) in [6, 6.07) is 0. The van der Waals surface area contributed by atoms with Gasteiger partial charge in [0.15, 0.2) is 0 Å². The van der Waals surface area contributed by atoms with E-state index in [4.69, 9.17) is 0 Å². The van der Waals surface area contributed by atoms with Gasteiger partial charge in [0, 0.05) is 12.3 Å². The third-order valence-corrected chi connectivity index (χ3v) is 3.51. The van der Waals surface area contributed by atoms with Crippen LogP contribution in [0.1, 0.15) is 20.3 Å². The van der Waals surface area contributed by atoms with Crippen LogP contribution in [0.3, 0.4) is 0 Å². The van der Waals surface area contributed by atoms with Gasteiger partial charge in [-0.3, -0.25) is 4.79 Å². The average Bonchev–Trinajstić information content (AvgIpc) is 2.30. The van der Waals surface area contributed by atoms with Gasteiger partial charge >= 0.3 is 0 Å². The van der Waals surface area contributed by atoms with Crippen molar-refractivity contribution >= 4 is 27.7 Å². The first-order valence-electron chi connectivity index (χ1n) is 5.51. The first kappa shape index (κ1) is 12.0. The van der Waals surface area contributed by atoms with E-state index in [1.165, 1.54) is 0 Å². The Labute approximate surface area is 104 Å². The zero-order valence-corrected chi connectivity index (χ0v) is 10.6. The van der Waals surface area contributed by atoms with E-state index in [9.17, 15) is 9.00 Å². The van der Waals surface area contributed by atoms with Crippen LogP contribution < -0.4 is 5.43 Å². The number of nitrogens with zero attached hydrogens (tertiary/aromatic N) is 1. The third-order valence-electron chi connectivity index (χ3n) is 2.95. The number of hydrogen-bond acceptors (Lipinski definition) is 3. The number of nitrogens with one attached hydrogen (secondary N) is 1. The molecule has 5 heteroatoms. The molecule has 2 rings (SSSR count). The third kappa shape index (κ3) is 2.44. The first-order valence-corrected chi connectivity index (χ1v) is 6.25. The Morgan fingerprint density at radius 3 is 2.94 bits per heavy atom. The molecule has 0 aromatic carbocycles. The number of carbonyl (C=O) groups excluding carboxylic acids is 1. The molecule has 0 bridgehead atoms. The molecule has 2 aliphatic rings. The highest BCUT2D eigenvalue weighted by molar-refractivity contribution is 7.67. The second-order valence-electron chi connectivity index (χ2n) is 4.39. The number of hydrogen-bond donors (Lipinski definition) is 1.